The molecule has 4 rings (SSSR count). The number of carbonyl (C=O) groups excluding carboxylic acids is 1. The Morgan fingerprint density at radius 2 is 2.00 bits per heavy atom. The van der Waals surface area contributed by atoms with Gasteiger partial charge in [-0.05, 0) is 50.6 Å². The molecule has 1 aliphatic carbocycles. The topological polar surface area (TPSA) is 72.9 Å². The second kappa shape index (κ2) is 7.39. The van der Waals surface area contributed by atoms with E-state index in [9.17, 15) is 14.7 Å². The summed E-state index contributed by atoms with van der Waals surface area (Å²) < 4.78 is 0. The molecule has 2 heterocycles. The number of fused-ring (bicyclic) bond motifs is 1. The maximum Gasteiger partial charge on any atom is 0.317 e. The van der Waals surface area contributed by atoms with Crippen LogP contribution >= 0.6 is 0 Å². The lowest BCUT2D eigenvalue weighted by atomic mass is 9.81. The largest absolute Gasteiger partial charge is 0.481 e. The fourth-order valence-electron chi connectivity index (χ4n) is 5.52. The molecule has 3 aliphatic rings. The van der Waals surface area contributed by atoms with Gasteiger partial charge in [0, 0.05) is 31.7 Å². The van der Waals surface area contributed by atoms with Gasteiger partial charge >= 0.3 is 12.0 Å². The van der Waals surface area contributed by atoms with Crippen molar-refractivity contribution >= 4 is 12.0 Å². The Bertz CT molecular complexity index is 740. The van der Waals surface area contributed by atoms with Crippen LogP contribution in [-0.2, 0) is 11.3 Å². The number of carbonyl (C=O) groups is 2. The van der Waals surface area contributed by atoms with Crippen molar-refractivity contribution in [1.82, 2.24) is 15.1 Å². The van der Waals surface area contributed by atoms with E-state index in [0.29, 0.717) is 26.1 Å². The van der Waals surface area contributed by atoms with E-state index in [1.165, 1.54) is 5.56 Å². The molecule has 2 aliphatic heterocycles. The predicted octanol–water partition coefficient (Wildman–Crippen LogP) is 2.94. The molecular weight excluding hydrogens is 354 g/mol. The maximum absolute atomic E-state index is 12.8. The highest BCUT2D eigenvalue weighted by Gasteiger charge is 2.56. The summed E-state index contributed by atoms with van der Waals surface area (Å²) in [5.74, 6) is -0.630. The van der Waals surface area contributed by atoms with E-state index in [4.69, 9.17) is 0 Å². The minimum Gasteiger partial charge on any atom is -0.481 e. The van der Waals surface area contributed by atoms with Gasteiger partial charge < -0.3 is 15.3 Å². The number of hydrogen-bond acceptors (Lipinski definition) is 3. The number of nitrogens with zero attached hydrogens (tertiary/aromatic N) is 2. The Hall–Kier alpha value is -2.08. The second-order valence-electron chi connectivity index (χ2n) is 9.10. The minimum absolute atomic E-state index is 0.0639. The van der Waals surface area contributed by atoms with E-state index in [1.807, 2.05) is 6.07 Å². The molecule has 3 atom stereocenters. The first-order valence-corrected chi connectivity index (χ1v) is 10.5. The van der Waals surface area contributed by atoms with Gasteiger partial charge in [-0.2, -0.15) is 0 Å². The summed E-state index contributed by atoms with van der Waals surface area (Å²) in [5, 5.41) is 12.8. The zero-order valence-corrected chi connectivity index (χ0v) is 16.7. The fourth-order valence-corrected chi connectivity index (χ4v) is 5.52. The molecule has 1 aromatic carbocycles. The van der Waals surface area contributed by atoms with E-state index in [-0.39, 0.29) is 17.5 Å². The highest BCUT2D eigenvalue weighted by atomic mass is 16.4. The maximum atomic E-state index is 12.8. The number of carboxylic acid groups (broad SMARTS) is 1. The van der Waals surface area contributed by atoms with Crippen LogP contribution in [0.1, 0.15) is 44.6 Å². The first-order chi connectivity index (χ1) is 13.4. The van der Waals surface area contributed by atoms with Gasteiger partial charge in [0.25, 0.3) is 0 Å². The molecule has 0 spiro atoms. The van der Waals surface area contributed by atoms with Crippen LogP contribution in [0.4, 0.5) is 4.79 Å². The van der Waals surface area contributed by atoms with Crippen LogP contribution in [0.25, 0.3) is 0 Å². The third-order valence-corrected chi connectivity index (χ3v) is 7.33. The predicted molar refractivity (Wildman–Crippen MR) is 107 cm³/mol. The van der Waals surface area contributed by atoms with Gasteiger partial charge in [-0.1, -0.05) is 36.8 Å². The van der Waals surface area contributed by atoms with Crippen LogP contribution in [0, 0.1) is 11.3 Å². The number of amides is 2. The Balaban J connectivity index is 1.36. The van der Waals surface area contributed by atoms with Gasteiger partial charge in [0.2, 0.25) is 0 Å². The quantitative estimate of drug-likeness (QED) is 0.817. The number of rotatable bonds is 5. The smallest absolute Gasteiger partial charge is 0.317 e. The fraction of sp³-hybridized carbons (Fsp3) is 0.636. The number of hydrogen-bond donors (Lipinski definition) is 2. The van der Waals surface area contributed by atoms with Crippen molar-refractivity contribution in [2.75, 3.05) is 26.2 Å². The molecule has 152 valence electrons. The van der Waals surface area contributed by atoms with Crippen molar-refractivity contribution in [2.45, 2.75) is 51.1 Å². The summed E-state index contributed by atoms with van der Waals surface area (Å²) in [7, 11) is 0. The third kappa shape index (κ3) is 3.39. The van der Waals surface area contributed by atoms with Crippen LogP contribution in [0.2, 0.25) is 0 Å². The first-order valence-electron chi connectivity index (χ1n) is 10.5. The standard InChI is InChI=1S/C22H31N3O3/c1-21(10-6-12-25(21)13-17-7-3-2-4-8-17)15-23-20(28)24-14-18-9-5-11-22(18,16-24)19(26)27/h2-4,7-8,18H,5-6,9-16H2,1H3,(H,23,28)(H,26,27)/t18-,21?,22+/m0/s1. The average molecular weight is 386 g/mol. The van der Waals surface area contributed by atoms with E-state index < -0.39 is 11.4 Å². The lowest BCUT2D eigenvalue weighted by Crippen LogP contribution is -2.52. The van der Waals surface area contributed by atoms with E-state index in [0.717, 1.165) is 38.8 Å². The number of benzene rings is 1. The molecule has 0 radical (unpaired) electrons. The van der Waals surface area contributed by atoms with Gasteiger partial charge in [-0.25, -0.2) is 4.79 Å². The van der Waals surface area contributed by atoms with E-state index >= 15 is 0 Å². The van der Waals surface area contributed by atoms with Crippen molar-refractivity contribution in [3.8, 4) is 0 Å². The van der Waals surface area contributed by atoms with Crippen LogP contribution in [0.5, 0.6) is 0 Å². The van der Waals surface area contributed by atoms with Gasteiger partial charge in [0.15, 0.2) is 0 Å². The molecule has 2 amide bonds. The molecule has 0 bridgehead atoms. The summed E-state index contributed by atoms with van der Waals surface area (Å²) in [4.78, 5) is 28.8. The molecule has 2 N–H and O–H groups in total. The van der Waals surface area contributed by atoms with Crippen molar-refractivity contribution in [2.24, 2.45) is 11.3 Å². The van der Waals surface area contributed by atoms with Crippen LogP contribution in [-0.4, -0.2) is 58.6 Å². The van der Waals surface area contributed by atoms with Gasteiger partial charge in [0.1, 0.15) is 0 Å². The Morgan fingerprint density at radius 3 is 2.71 bits per heavy atom. The van der Waals surface area contributed by atoms with Crippen molar-refractivity contribution in [3.05, 3.63) is 35.9 Å². The SMILES string of the molecule is CC1(CNC(=O)N2C[C@@H]3CCC[C@@]3(C(=O)O)C2)CCCN1Cc1ccccc1. The average Bonchev–Trinajstić information content (AvgIpc) is 3.34. The lowest BCUT2D eigenvalue weighted by molar-refractivity contribution is -0.149. The third-order valence-electron chi connectivity index (χ3n) is 7.33. The lowest BCUT2D eigenvalue weighted by Gasteiger charge is -2.36. The summed E-state index contributed by atoms with van der Waals surface area (Å²) >= 11 is 0. The molecule has 0 aromatic heterocycles. The Labute approximate surface area is 166 Å². The summed E-state index contributed by atoms with van der Waals surface area (Å²) in [6.45, 7) is 5.67. The van der Waals surface area contributed by atoms with Crippen molar-refractivity contribution in [1.29, 1.82) is 0 Å². The molecule has 1 aromatic rings. The molecule has 6 heteroatoms. The molecule has 2 saturated heterocycles. The highest BCUT2D eigenvalue weighted by Crippen LogP contribution is 2.48. The van der Waals surface area contributed by atoms with Crippen molar-refractivity contribution < 1.29 is 14.7 Å². The molecule has 1 saturated carbocycles. The van der Waals surface area contributed by atoms with Crippen LogP contribution < -0.4 is 5.32 Å². The van der Waals surface area contributed by atoms with E-state index in [1.54, 1.807) is 4.90 Å². The zero-order valence-electron chi connectivity index (χ0n) is 16.7. The summed E-state index contributed by atoms with van der Waals surface area (Å²) in [6, 6.07) is 10.3. The Morgan fingerprint density at radius 1 is 1.21 bits per heavy atom. The first kappa shape index (κ1) is 19.2. The molecule has 1 unspecified atom stereocenters. The number of aliphatic carboxylic acids is 1. The normalized spacial score (nSPS) is 32.5. The Kier molecular flexibility index (Phi) is 5.08. The van der Waals surface area contributed by atoms with Crippen LogP contribution in [0.15, 0.2) is 30.3 Å². The minimum atomic E-state index is -0.734. The number of nitrogens with one attached hydrogen (secondary N) is 1. The van der Waals surface area contributed by atoms with E-state index in [2.05, 4.69) is 41.4 Å². The summed E-state index contributed by atoms with van der Waals surface area (Å²) in [6.07, 6.45) is 4.76. The number of urea groups is 1. The zero-order chi connectivity index (χ0) is 19.8. The molecular formula is C22H31N3O3. The van der Waals surface area contributed by atoms with Gasteiger partial charge in [-0.3, -0.25) is 9.69 Å². The van der Waals surface area contributed by atoms with Gasteiger partial charge in [-0.15, -0.1) is 0 Å². The van der Waals surface area contributed by atoms with Crippen molar-refractivity contribution in [3.63, 3.8) is 0 Å². The second-order valence-corrected chi connectivity index (χ2v) is 9.10. The molecule has 3 fully saturated rings. The highest BCUT2D eigenvalue weighted by molar-refractivity contribution is 5.80. The van der Waals surface area contributed by atoms with Gasteiger partial charge in [0.05, 0.1) is 5.41 Å². The number of likely N-dealkylation sites (tertiary alicyclic amines) is 2. The monoisotopic (exact) mass is 385 g/mol. The summed E-state index contributed by atoms with van der Waals surface area (Å²) in [5.41, 5.74) is 0.511. The van der Waals surface area contributed by atoms with Crippen LogP contribution in [0.3, 0.4) is 0 Å². The molecule has 28 heavy (non-hydrogen) atoms. The number of carboxylic acids is 1. The molecule has 6 nitrogen and oxygen atoms in total.